The topological polar surface area (TPSA) is 97.8 Å². The summed E-state index contributed by atoms with van der Waals surface area (Å²) in [7, 11) is -1.63. The molecule has 4 rings (SSSR count). The van der Waals surface area contributed by atoms with E-state index in [0.717, 1.165) is 16.3 Å². The lowest BCUT2D eigenvalue weighted by Gasteiger charge is -2.24. The zero-order valence-electron chi connectivity index (χ0n) is 15.4. The normalized spacial score (nSPS) is 25.1. The predicted molar refractivity (Wildman–Crippen MR) is 98.1 cm³/mol. The van der Waals surface area contributed by atoms with Crippen LogP contribution in [-0.4, -0.2) is 35.4 Å². The predicted octanol–water partition coefficient (Wildman–Crippen LogP) is 3.33. The van der Waals surface area contributed by atoms with Gasteiger partial charge < -0.3 is 15.0 Å². The molecule has 1 saturated heterocycles. The number of fused-ring (bicyclic) bond motifs is 1. The molecular weight excluding hydrogens is 433 g/mol. The maximum Gasteiger partial charge on any atom is 0.397 e. The number of nitrogens with two attached hydrogens (primary N) is 1. The van der Waals surface area contributed by atoms with Gasteiger partial charge in [0.25, 0.3) is 0 Å². The Balaban J connectivity index is 0.000000806. The largest absolute Gasteiger partial charge is 0.426 e. The van der Waals surface area contributed by atoms with Crippen LogP contribution in [0.4, 0.5) is 23.4 Å². The van der Waals surface area contributed by atoms with Gasteiger partial charge in [-0.2, -0.15) is 4.98 Å². The summed E-state index contributed by atoms with van der Waals surface area (Å²) in [6.45, 7) is -1.39. The number of benzene rings is 1. The van der Waals surface area contributed by atoms with Crippen molar-refractivity contribution >= 4 is 14.4 Å². The number of rotatable bonds is 4. The van der Waals surface area contributed by atoms with Crippen LogP contribution in [0.3, 0.4) is 0 Å². The van der Waals surface area contributed by atoms with Crippen molar-refractivity contribution in [2.24, 2.45) is 0 Å². The van der Waals surface area contributed by atoms with E-state index < -0.39 is 51.4 Å². The van der Waals surface area contributed by atoms with E-state index in [1.54, 1.807) is 0 Å². The minimum Gasteiger partial charge on any atom is -0.426 e. The molecule has 164 valence electrons. The smallest absolute Gasteiger partial charge is 0.397 e. The Morgan fingerprint density at radius 1 is 1.33 bits per heavy atom. The number of aromatic nitrogens is 2. The van der Waals surface area contributed by atoms with Crippen LogP contribution in [0.25, 0.3) is 0 Å². The fourth-order valence-electron chi connectivity index (χ4n) is 2.84. The van der Waals surface area contributed by atoms with E-state index >= 15 is 0 Å². The zero-order valence-corrected chi connectivity index (χ0v) is 16.3. The quantitative estimate of drug-likeness (QED) is 0.563. The fraction of sp³-hybridized carbons (Fsp3) is 0.412. The summed E-state index contributed by atoms with van der Waals surface area (Å²) >= 11 is 0. The van der Waals surface area contributed by atoms with E-state index in [-0.39, 0.29) is 13.0 Å². The van der Waals surface area contributed by atoms with Gasteiger partial charge in [0.15, 0.2) is 17.9 Å². The molecule has 2 aliphatic heterocycles. The maximum atomic E-state index is 14.3. The van der Waals surface area contributed by atoms with Crippen molar-refractivity contribution in [2.75, 3.05) is 19.3 Å². The minimum absolute atomic E-state index is 0.00439. The molecule has 0 amide bonds. The van der Waals surface area contributed by atoms with Crippen LogP contribution in [-0.2, 0) is 20.4 Å². The molecule has 3 heterocycles. The number of ether oxygens (including phenoxy) is 1. The molecule has 8 nitrogen and oxygen atoms in total. The van der Waals surface area contributed by atoms with E-state index in [4.69, 9.17) is 24.0 Å². The number of alkyl halides is 3. The lowest BCUT2D eigenvalue weighted by atomic mass is 10.2. The van der Waals surface area contributed by atoms with Gasteiger partial charge >= 0.3 is 14.3 Å². The van der Waals surface area contributed by atoms with Crippen molar-refractivity contribution in [3.8, 4) is 5.75 Å². The lowest BCUT2D eigenvalue weighted by molar-refractivity contribution is -0.0381. The zero-order chi connectivity index (χ0) is 21.7. The number of anilines is 1. The van der Waals surface area contributed by atoms with Crippen LogP contribution in [0.1, 0.15) is 18.2 Å². The Hall–Kier alpha value is -2.27. The molecule has 0 aliphatic carbocycles. The molecule has 1 fully saturated rings. The highest BCUT2D eigenvalue weighted by Gasteiger charge is 2.38. The first kappa shape index (κ1) is 22.4. The van der Waals surface area contributed by atoms with Crippen LogP contribution < -0.4 is 15.9 Å². The monoisotopic (exact) mass is 451 g/mol. The second-order valence-electron chi connectivity index (χ2n) is 6.16. The van der Waals surface area contributed by atoms with Crippen molar-refractivity contribution in [2.45, 2.75) is 31.5 Å². The van der Waals surface area contributed by atoms with Gasteiger partial charge in [0.05, 0.1) is 25.5 Å². The molecule has 4 atom stereocenters. The molecule has 2 N–H and O–H groups in total. The van der Waals surface area contributed by atoms with Crippen LogP contribution in [0.15, 0.2) is 35.3 Å². The summed E-state index contributed by atoms with van der Waals surface area (Å²) in [5, 5.41) is 0. The van der Waals surface area contributed by atoms with E-state index in [1.807, 2.05) is 24.3 Å². The molecule has 0 radical (unpaired) electrons. The number of halogens is 4. The second-order valence-corrected chi connectivity index (χ2v) is 7.30. The molecule has 30 heavy (non-hydrogen) atoms. The van der Waals surface area contributed by atoms with Crippen LogP contribution in [0.2, 0.25) is 0 Å². The Morgan fingerprint density at radius 2 is 2.07 bits per heavy atom. The van der Waals surface area contributed by atoms with Gasteiger partial charge in [-0.3, -0.25) is 13.6 Å². The summed E-state index contributed by atoms with van der Waals surface area (Å²) in [6.07, 6.45) is -2.70. The fourth-order valence-corrected chi connectivity index (χ4v) is 3.89. The Morgan fingerprint density at radius 3 is 2.83 bits per heavy atom. The molecule has 0 spiro atoms. The first-order chi connectivity index (χ1) is 14.4. The molecule has 13 heteroatoms. The number of para-hydroxylation sites is 1. The first-order valence-corrected chi connectivity index (χ1v) is 9.80. The van der Waals surface area contributed by atoms with Crippen LogP contribution >= 0.6 is 8.60 Å². The molecule has 1 aromatic heterocycles. The molecule has 1 aromatic carbocycles. The number of nitrogens with zero attached hydrogens (tertiary/aromatic N) is 2. The van der Waals surface area contributed by atoms with E-state index in [0.29, 0.717) is 12.4 Å². The SMILES string of the molecule is FCF.Nc1nc(=O)n(C2OC(COP3OCc4ccccc4O3)CC2F)cc1F. The molecule has 2 aromatic rings. The van der Waals surface area contributed by atoms with Crippen molar-refractivity contribution in [3.63, 3.8) is 0 Å². The average molecular weight is 451 g/mol. The summed E-state index contributed by atoms with van der Waals surface area (Å²) in [5.41, 5.74) is 5.26. The summed E-state index contributed by atoms with van der Waals surface area (Å²) in [5.74, 6) is -0.783. The molecule has 0 bridgehead atoms. The van der Waals surface area contributed by atoms with Gasteiger partial charge in [-0.15, -0.1) is 0 Å². The van der Waals surface area contributed by atoms with Crippen molar-refractivity contribution in [3.05, 3.63) is 52.3 Å². The number of nitrogen functional groups attached to an aromatic ring is 1. The van der Waals surface area contributed by atoms with Gasteiger partial charge in [-0.05, 0) is 6.07 Å². The highest BCUT2D eigenvalue weighted by molar-refractivity contribution is 7.42. The van der Waals surface area contributed by atoms with Gasteiger partial charge in [-0.25, -0.2) is 22.4 Å². The maximum absolute atomic E-state index is 14.3. The molecule has 2 aliphatic rings. The summed E-state index contributed by atoms with van der Waals surface area (Å²) < 4.78 is 70.1. The van der Waals surface area contributed by atoms with Crippen LogP contribution in [0.5, 0.6) is 5.75 Å². The first-order valence-electron chi connectivity index (χ1n) is 8.70. The summed E-state index contributed by atoms with van der Waals surface area (Å²) in [4.78, 5) is 15.2. The van der Waals surface area contributed by atoms with E-state index in [9.17, 15) is 22.4 Å². The minimum atomic E-state index is -1.75. The third kappa shape index (κ3) is 5.25. The van der Waals surface area contributed by atoms with Crippen LogP contribution in [0, 0.1) is 5.82 Å². The van der Waals surface area contributed by atoms with Crippen molar-refractivity contribution < 1.29 is 35.9 Å². The molecular formula is C17H18F4N3O5P. The van der Waals surface area contributed by atoms with Gasteiger partial charge in [-0.1, -0.05) is 18.2 Å². The Labute approximate surface area is 169 Å². The average Bonchev–Trinajstić information content (AvgIpc) is 3.10. The Bertz CT molecular complexity index is 921. The lowest BCUT2D eigenvalue weighted by Crippen LogP contribution is -2.31. The van der Waals surface area contributed by atoms with E-state index in [2.05, 4.69) is 4.98 Å². The standard InChI is InChI=1S/C16H16F2N3O5P.CH2F2/c17-11-5-10(25-15(11)21-6-12(18)14(19)20-16(21)22)8-24-27-23-7-9-3-1-2-4-13(9)26-27;2-1-3/h1-4,6,10-11,15H,5,7-8H2,(H2,19,20,22);1H2. The molecule has 0 saturated carbocycles. The number of hydrogen-bond acceptors (Lipinski definition) is 7. The van der Waals surface area contributed by atoms with Gasteiger partial charge in [0.1, 0.15) is 11.9 Å². The Kier molecular flexibility index (Phi) is 7.59. The highest BCUT2D eigenvalue weighted by atomic mass is 31.2. The van der Waals surface area contributed by atoms with Gasteiger partial charge in [0, 0.05) is 12.0 Å². The number of hydrogen-bond donors (Lipinski definition) is 1. The van der Waals surface area contributed by atoms with Crippen molar-refractivity contribution in [1.82, 2.24) is 9.55 Å². The third-order valence-corrected chi connectivity index (χ3v) is 5.22. The second kappa shape index (κ2) is 10.2. The third-order valence-electron chi connectivity index (χ3n) is 4.17. The van der Waals surface area contributed by atoms with Gasteiger partial charge in [0.2, 0.25) is 6.93 Å². The van der Waals surface area contributed by atoms with E-state index in [1.165, 1.54) is 0 Å². The molecule has 4 unspecified atom stereocenters. The summed E-state index contributed by atoms with van der Waals surface area (Å²) in [6, 6.07) is 7.42. The van der Waals surface area contributed by atoms with Crippen molar-refractivity contribution in [1.29, 1.82) is 0 Å². The highest BCUT2D eigenvalue weighted by Crippen LogP contribution is 2.47.